The quantitative estimate of drug-likeness (QED) is 0.625. The molecular formula is C6H11NO3S. The van der Waals surface area contributed by atoms with Crippen LogP contribution in [0.4, 0.5) is 0 Å². The summed E-state index contributed by atoms with van der Waals surface area (Å²) in [5, 5.41) is 16.4. The van der Waals surface area contributed by atoms with Crippen molar-refractivity contribution in [1.29, 1.82) is 5.26 Å². The van der Waals surface area contributed by atoms with Crippen LogP contribution < -0.4 is 0 Å². The van der Waals surface area contributed by atoms with Crippen LogP contribution in [0.15, 0.2) is 0 Å². The monoisotopic (exact) mass is 177 g/mol. The van der Waals surface area contributed by atoms with Gasteiger partial charge in [-0.25, -0.2) is 8.42 Å². The minimum atomic E-state index is -3.09. The Morgan fingerprint density at radius 2 is 2.00 bits per heavy atom. The molecule has 64 valence electrons. The maximum absolute atomic E-state index is 10.9. The van der Waals surface area contributed by atoms with Crippen LogP contribution in [-0.2, 0) is 9.84 Å². The molecule has 0 radical (unpaired) electrons. The lowest BCUT2D eigenvalue weighted by atomic mass is 10.5. The van der Waals surface area contributed by atoms with Crippen molar-refractivity contribution in [3.05, 3.63) is 0 Å². The van der Waals surface area contributed by atoms with Gasteiger partial charge in [-0.1, -0.05) is 0 Å². The maximum atomic E-state index is 10.9. The van der Waals surface area contributed by atoms with Crippen LogP contribution >= 0.6 is 0 Å². The molecule has 11 heavy (non-hydrogen) atoms. The van der Waals surface area contributed by atoms with Gasteiger partial charge in [0.25, 0.3) is 0 Å². The molecule has 0 saturated carbocycles. The molecule has 0 atom stereocenters. The second kappa shape index (κ2) is 5.10. The van der Waals surface area contributed by atoms with Crippen LogP contribution in [-0.4, -0.2) is 31.6 Å². The molecule has 0 aromatic carbocycles. The first kappa shape index (κ1) is 10.4. The zero-order chi connectivity index (χ0) is 8.74. The Balaban J connectivity index is 3.74. The van der Waals surface area contributed by atoms with Crippen molar-refractivity contribution in [3.8, 4) is 6.07 Å². The van der Waals surface area contributed by atoms with Crippen molar-refractivity contribution in [2.24, 2.45) is 0 Å². The number of hydrogen-bond donors (Lipinski definition) is 1. The molecule has 0 aromatic heterocycles. The van der Waals surface area contributed by atoms with Crippen molar-refractivity contribution in [3.63, 3.8) is 0 Å². The topological polar surface area (TPSA) is 78.2 Å². The summed E-state index contributed by atoms with van der Waals surface area (Å²) in [6.07, 6.45) is 0.293. The molecule has 4 nitrogen and oxygen atoms in total. The van der Waals surface area contributed by atoms with Gasteiger partial charge in [-0.2, -0.15) is 5.26 Å². The average molecular weight is 177 g/mol. The van der Waals surface area contributed by atoms with Crippen molar-refractivity contribution >= 4 is 9.84 Å². The van der Waals surface area contributed by atoms with E-state index in [2.05, 4.69) is 0 Å². The van der Waals surface area contributed by atoms with E-state index < -0.39 is 9.84 Å². The third kappa shape index (κ3) is 5.83. The molecular weight excluding hydrogens is 166 g/mol. The highest BCUT2D eigenvalue weighted by Gasteiger charge is 2.08. The second-order valence-corrected chi connectivity index (χ2v) is 4.44. The number of hydrogen-bond acceptors (Lipinski definition) is 4. The minimum Gasteiger partial charge on any atom is -0.396 e. The third-order valence-corrected chi connectivity index (χ3v) is 2.88. The van der Waals surface area contributed by atoms with Crippen LogP contribution in [0.25, 0.3) is 0 Å². The first-order valence-electron chi connectivity index (χ1n) is 3.30. The fourth-order valence-corrected chi connectivity index (χ4v) is 1.76. The van der Waals surface area contributed by atoms with Gasteiger partial charge >= 0.3 is 0 Å². The SMILES string of the molecule is N#CCCS(=O)(=O)CCCO. The molecule has 0 fully saturated rings. The first-order chi connectivity index (χ1) is 5.12. The predicted octanol–water partition coefficient (Wildman–Crippen LogP) is -0.303. The normalized spacial score (nSPS) is 10.9. The van der Waals surface area contributed by atoms with E-state index in [1.165, 1.54) is 0 Å². The molecule has 0 aliphatic heterocycles. The van der Waals surface area contributed by atoms with Crippen molar-refractivity contribution in [2.45, 2.75) is 12.8 Å². The second-order valence-electron chi connectivity index (χ2n) is 2.14. The number of aliphatic hydroxyl groups excluding tert-OH is 1. The highest BCUT2D eigenvalue weighted by Crippen LogP contribution is 1.95. The van der Waals surface area contributed by atoms with Crippen molar-refractivity contribution in [2.75, 3.05) is 18.1 Å². The van der Waals surface area contributed by atoms with Gasteiger partial charge in [0, 0.05) is 13.0 Å². The molecule has 0 bridgehead atoms. The number of rotatable bonds is 5. The van der Waals surface area contributed by atoms with Gasteiger partial charge in [-0.15, -0.1) is 0 Å². The molecule has 0 aliphatic rings. The zero-order valence-corrected chi connectivity index (χ0v) is 6.97. The third-order valence-electron chi connectivity index (χ3n) is 1.14. The average Bonchev–Trinajstić information content (AvgIpc) is 1.97. The van der Waals surface area contributed by atoms with E-state index in [4.69, 9.17) is 10.4 Å². The summed E-state index contributed by atoms with van der Waals surface area (Å²) in [4.78, 5) is 0. The molecule has 0 saturated heterocycles. The minimum absolute atomic E-state index is 0.0226. The smallest absolute Gasteiger partial charge is 0.151 e. The Kier molecular flexibility index (Phi) is 4.83. The van der Waals surface area contributed by atoms with Crippen LogP contribution in [0.5, 0.6) is 0 Å². The number of nitrogens with zero attached hydrogens (tertiary/aromatic N) is 1. The van der Waals surface area contributed by atoms with E-state index in [9.17, 15) is 8.42 Å². The Hall–Kier alpha value is -0.600. The van der Waals surface area contributed by atoms with Crippen molar-refractivity contribution in [1.82, 2.24) is 0 Å². The van der Waals surface area contributed by atoms with Gasteiger partial charge in [-0.05, 0) is 6.42 Å². The Morgan fingerprint density at radius 3 is 2.45 bits per heavy atom. The molecule has 5 heteroatoms. The molecule has 0 spiro atoms. The molecule has 1 N–H and O–H groups in total. The van der Waals surface area contributed by atoms with E-state index in [0.717, 1.165) is 0 Å². The van der Waals surface area contributed by atoms with Gasteiger partial charge in [0.05, 0.1) is 17.6 Å². The van der Waals surface area contributed by atoms with Gasteiger partial charge in [0.1, 0.15) is 0 Å². The lowest BCUT2D eigenvalue weighted by Gasteiger charge is -1.97. The summed E-state index contributed by atoms with van der Waals surface area (Å²) < 4.78 is 21.8. The highest BCUT2D eigenvalue weighted by atomic mass is 32.2. The summed E-state index contributed by atoms with van der Waals surface area (Å²) >= 11 is 0. The molecule has 0 heterocycles. The lowest BCUT2D eigenvalue weighted by molar-refractivity contribution is 0.295. The van der Waals surface area contributed by atoms with Gasteiger partial charge in [0.2, 0.25) is 0 Å². The fraction of sp³-hybridized carbons (Fsp3) is 0.833. The largest absolute Gasteiger partial charge is 0.396 e. The van der Waals surface area contributed by atoms with Gasteiger partial charge in [-0.3, -0.25) is 0 Å². The summed E-state index contributed by atoms with van der Waals surface area (Å²) in [7, 11) is -3.09. The Bertz CT molecular complexity index is 227. The Labute approximate surface area is 66.4 Å². The van der Waals surface area contributed by atoms with Crippen LogP contribution in [0.2, 0.25) is 0 Å². The summed E-state index contributed by atoms with van der Waals surface area (Å²) in [6.45, 7) is -0.119. The number of nitriles is 1. The van der Waals surface area contributed by atoms with Gasteiger partial charge in [0.15, 0.2) is 9.84 Å². The zero-order valence-electron chi connectivity index (χ0n) is 6.15. The summed E-state index contributed by atoms with van der Waals surface area (Å²) in [5.41, 5.74) is 0. The highest BCUT2D eigenvalue weighted by molar-refractivity contribution is 7.91. The molecule has 0 aromatic rings. The maximum Gasteiger partial charge on any atom is 0.151 e. The van der Waals surface area contributed by atoms with Crippen LogP contribution in [0.3, 0.4) is 0 Å². The number of aliphatic hydroxyl groups is 1. The van der Waals surface area contributed by atoms with E-state index in [-0.39, 0.29) is 31.0 Å². The summed E-state index contributed by atoms with van der Waals surface area (Å²) in [6, 6.07) is 1.76. The standard InChI is InChI=1S/C6H11NO3S/c7-3-1-5-11(9,10)6-2-4-8/h8H,1-2,4-6H2. The molecule has 0 aliphatic carbocycles. The van der Waals surface area contributed by atoms with E-state index >= 15 is 0 Å². The van der Waals surface area contributed by atoms with Crippen molar-refractivity contribution < 1.29 is 13.5 Å². The summed E-state index contributed by atoms with van der Waals surface area (Å²) in [5.74, 6) is -0.116. The predicted molar refractivity (Wildman–Crippen MR) is 40.6 cm³/mol. The number of sulfone groups is 1. The van der Waals surface area contributed by atoms with E-state index in [1.807, 2.05) is 0 Å². The lowest BCUT2D eigenvalue weighted by Crippen LogP contribution is -2.11. The molecule has 0 amide bonds. The van der Waals surface area contributed by atoms with Crippen LogP contribution in [0.1, 0.15) is 12.8 Å². The van der Waals surface area contributed by atoms with Crippen LogP contribution in [0, 0.1) is 11.3 Å². The Morgan fingerprint density at radius 1 is 1.36 bits per heavy atom. The molecule has 0 unspecified atom stereocenters. The molecule has 0 rings (SSSR count). The van der Waals surface area contributed by atoms with E-state index in [1.54, 1.807) is 6.07 Å². The van der Waals surface area contributed by atoms with E-state index in [0.29, 0.717) is 0 Å². The fourth-order valence-electron chi connectivity index (χ4n) is 0.588. The van der Waals surface area contributed by atoms with Gasteiger partial charge < -0.3 is 5.11 Å². The first-order valence-corrected chi connectivity index (χ1v) is 5.13.